The van der Waals surface area contributed by atoms with Gasteiger partial charge in [-0.2, -0.15) is 0 Å². The number of allylic oxidation sites excluding steroid dienone is 2. The molecule has 0 spiro atoms. The van der Waals surface area contributed by atoms with E-state index in [-0.39, 0.29) is 0 Å². The van der Waals surface area contributed by atoms with Crippen LogP contribution >= 0.6 is 11.3 Å². The van der Waals surface area contributed by atoms with Crippen molar-refractivity contribution in [3.8, 4) is 0 Å². The Morgan fingerprint density at radius 3 is 2.92 bits per heavy atom. The van der Waals surface area contributed by atoms with Crippen LogP contribution in [0.4, 0.5) is 0 Å². The van der Waals surface area contributed by atoms with Gasteiger partial charge in [0.1, 0.15) is 0 Å². The van der Waals surface area contributed by atoms with Gasteiger partial charge in [-0.25, -0.2) is 0 Å². The summed E-state index contributed by atoms with van der Waals surface area (Å²) in [6.45, 7) is 4.45. The zero-order chi connectivity index (χ0) is 8.55. The van der Waals surface area contributed by atoms with Crippen molar-refractivity contribution in [2.75, 3.05) is 0 Å². The van der Waals surface area contributed by atoms with E-state index in [0.29, 0.717) is 0 Å². The Balaban J connectivity index is 2.52. The summed E-state index contributed by atoms with van der Waals surface area (Å²) < 4.78 is 0. The lowest BCUT2D eigenvalue weighted by molar-refractivity contribution is 0.826. The smallest absolute Gasteiger partial charge is 0.0333 e. The van der Waals surface area contributed by atoms with Gasteiger partial charge in [0.05, 0.1) is 0 Å². The minimum atomic E-state index is 1.29. The average Bonchev–Trinajstić information content (AvgIpc) is 2.49. The minimum absolute atomic E-state index is 1.29. The van der Waals surface area contributed by atoms with E-state index < -0.39 is 0 Å². The van der Waals surface area contributed by atoms with Gasteiger partial charge < -0.3 is 0 Å². The van der Waals surface area contributed by atoms with Crippen LogP contribution in [0.5, 0.6) is 0 Å². The van der Waals surface area contributed by atoms with Crippen molar-refractivity contribution in [3.05, 3.63) is 27.5 Å². The molecule has 1 heteroatoms. The minimum Gasteiger partial charge on any atom is -0.144 e. The lowest BCUT2D eigenvalue weighted by Gasteiger charge is -2.16. The lowest BCUT2D eigenvalue weighted by atomic mass is 9.92. The van der Waals surface area contributed by atoms with Gasteiger partial charge in [0, 0.05) is 4.88 Å². The van der Waals surface area contributed by atoms with Crippen molar-refractivity contribution < 1.29 is 0 Å². The topological polar surface area (TPSA) is 0 Å². The molecule has 0 aromatic carbocycles. The van der Waals surface area contributed by atoms with Crippen LogP contribution in [-0.4, -0.2) is 0 Å². The van der Waals surface area contributed by atoms with Crippen molar-refractivity contribution in [1.82, 2.24) is 0 Å². The Morgan fingerprint density at radius 2 is 2.17 bits per heavy atom. The summed E-state index contributed by atoms with van der Waals surface area (Å²) >= 11 is 1.90. The highest BCUT2D eigenvalue weighted by atomic mass is 32.1. The highest BCUT2D eigenvalue weighted by molar-refractivity contribution is 7.11. The molecule has 1 aliphatic rings. The third-order valence-electron chi connectivity index (χ3n) is 2.50. The molecular weight excluding hydrogens is 164 g/mol. The second kappa shape index (κ2) is 3.06. The first-order valence-corrected chi connectivity index (χ1v) is 5.40. The molecule has 1 aromatic rings. The van der Waals surface area contributed by atoms with E-state index >= 15 is 0 Å². The number of fused-ring (bicyclic) bond motifs is 1. The molecule has 0 saturated heterocycles. The van der Waals surface area contributed by atoms with Crippen molar-refractivity contribution in [2.24, 2.45) is 0 Å². The summed E-state index contributed by atoms with van der Waals surface area (Å²) in [7, 11) is 0. The third kappa shape index (κ3) is 1.22. The van der Waals surface area contributed by atoms with Crippen LogP contribution in [-0.2, 0) is 6.42 Å². The van der Waals surface area contributed by atoms with E-state index in [1.807, 2.05) is 11.3 Å². The fraction of sp³-hybridized carbons (Fsp3) is 0.455. The van der Waals surface area contributed by atoms with Crippen LogP contribution in [0.3, 0.4) is 0 Å². The number of thiophene rings is 1. The number of hydrogen-bond donors (Lipinski definition) is 0. The van der Waals surface area contributed by atoms with Crippen LogP contribution in [0.2, 0.25) is 0 Å². The van der Waals surface area contributed by atoms with Crippen LogP contribution in [0, 0.1) is 0 Å². The molecule has 1 aromatic heterocycles. The lowest BCUT2D eigenvalue weighted by Crippen LogP contribution is -1.98. The molecule has 0 atom stereocenters. The molecule has 0 fully saturated rings. The van der Waals surface area contributed by atoms with Crippen LogP contribution in [0.25, 0.3) is 5.57 Å². The molecule has 12 heavy (non-hydrogen) atoms. The second-order valence-corrected chi connectivity index (χ2v) is 4.52. The predicted octanol–water partition coefficient (Wildman–Crippen LogP) is 3.88. The first-order valence-electron chi connectivity index (χ1n) is 4.52. The zero-order valence-corrected chi connectivity index (χ0v) is 8.50. The highest BCUT2D eigenvalue weighted by Gasteiger charge is 2.15. The summed E-state index contributed by atoms with van der Waals surface area (Å²) in [5.41, 5.74) is 4.67. The van der Waals surface area contributed by atoms with E-state index in [1.165, 1.54) is 24.8 Å². The number of aryl methyl sites for hydroxylation is 1. The molecule has 0 aliphatic heterocycles. The van der Waals surface area contributed by atoms with E-state index in [2.05, 4.69) is 25.3 Å². The predicted molar refractivity (Wildman–Crippen MR) is 55.5 cm³/mol. The van der Waals surface area contributed by atoms with Gasteiger partial charge in [0.2, 0.25) is 0 Å². The Labute approximate surface area is 77.9 Å². The standard InChI is InChI=1S/C11H14S/c1-8(2)10-5-3-4-9-6-7-12-11(9)10/h6-7H,3-5H2,1-2H3. The van der Waals surface area contributed by atoms with Gasteiger partial charge in [-0.3, -0.25) is 0 Å². The fourth-order valence-corrected chi connectivity index (χ4v) is 2.98. The molecule has 1 heterocycles. The molecule has 0 bridgehead atoms. The first-order chi connectivity index (χ1) is 5.79. The van der Waals surface area contributed by atoms with Gasteiger partial charge in [-0.05, 0) is 55.7 Å². The maximum Gasteiger partial charge on any atom is 0.0333 e. The Hall–Kier alpha value is -0.560. The highest BCUT2D eigenvalue weighted by Crippen LogP contribution is 2.36. The zero-order valence-electron chi connectivity index (χ0n) is 7.68. The summed E-state index contributed by atoms with van der Waals surface area (Å²) in [5.74, 6) is 0. The van der Waals surface area contributed by atoms with Crippen molar-refractivity contribution in [2.45, 2.75) is 33.1 Å². The van der Waals surface area contributed by atoms with E-state index in [9.17, 15) is 0 Å². The Kier molecular flexibility index (Phi) is 2.05. The number of rotatable bonds is 0. The molecule has 0 amide bonds. The quantitative estimate of drug-likeness (QED) is 0.565. The summed E-state index contributed by atoms with van der Waals surface area (Å²) in [6.07, 6.45) is 3.91. The molecule has 0 N–H and O–H groups in total. The molecular formula is C11H14S. The first kappa shape index (κ1) is 8.06. The van der Waals surface area contributed by atoms with Gasteiger partial charge in [-0.1, -0.05) is 5.57 Å². The largest absolute Gasteiger partial charge is 0.144 e. The molecule has 0 unspecified atom stereocenters. The van der Waals surface area contributed by atoms with Crippen molar-refractivity contribution in [1.29, 1.82) is 0 Å². The molecule has 64 valence electrons. The Morgan fingerprint density at radius 1 is 1.33 bits per heavy atom. The summed E-state index contributed by atoms with van der Waals surface area (Å²) in [6, 6.07) is 2.28. The molecule has 2 rings (SSSR count). The summed E-state index contributed by atoms with van der Waals surface area (Å²) in [4.78, 5) is 1.56. The van der Waals surface area contributed by atoms with Crippen molar-refractivity contribution >= 4 is 16.9 Å². The fourth-order valence-electron chi connectivity index (χ4n) is 1.84. The number of hydrogen-bond acceptors (Lipinski definition) is 1. The SMILES string of the molecule is CC(C)=C1CCCc2ccsc21. The molecule has 1 aliphatic carbocycles. The van der Waals surface area contributed by atoms with E-state index in [4.69, 9.17) is 0 Å². The second-order valence-electron chi connectivity index (χ2n) is 3.61. The van der Waals surface area contributed by atoms with Crippen LogP contribution in [0.1, 0.15) is 37.1 Å². The monoisotopic (exact) mass is 178 g/mol. The molecule has 0 nitrogen and oxygen atoms in total. The van der Waals surface area contributed by atoms with Crippen LogP contribution in [0.15, 0.2) is 17.0 Å². The maximum absolute atomic E-state index is 2.28. The molecule has 0 saturated carbocycles. The van der Waals surface area contributed by atoms with Gasteiger partial charge in [0.15, 0.2) is 0 Å². The maximum atomic E-state index is 2.28. The normalized spacial score (nSPS) is 16.0. The van der Waals surface area contributed by atoms with Crippen molar-refractivity contribution in [3.63, 3.8) is 0 Å². The third-order valence-corrected chi connectivity index (χ3v) is 3.51. The Bertz CT molecular complexity index is 314. The summed E-state index contributed by atoms with van der Waals surface area (Å²) in [5, 5.41) is 2.22. The van der Waals surface area contributed by atoms with E-state index in [1.54, 1.807) is 16.0 Å². The van der Waals surface area contributed by atoms with Gasteiger partial charge in [-0.15, -0.1) is 11.3 Å². The molecule has 0 radical (unpaired) electrons. The van der Waals surface area contributed by atoms with Gasteiger partial charge in [0.25, 0.3) is 0 Å². The van der Waals surface area contributed by atoms with Gasteiger partial charge >= 0.3 is 0 Å². The average molecular weight is 178 g/mol. The van der Waals surface area contributed by atoms with E-state index in [0.717, 1.165) is 0 Å². The van der Waals surface area contributed by atoms with Crippen LogP contribution < -0.4 is 0 Å².